The molecule has 0 aliphatic rings. The molecule has 0 heterocycles. The van der Waals surface area contributed by atoms with Gasteiger partial charge in [-0.1, -0.05) is 0 Å². The maximum Gasteiger partial charge on any atom is 0.407 e. The van der Waals surface area contributed by atoms with E-state index in [0.717, 1.165) is 0 Å². The van der Waals surface area contributed by atoms with Crippen LogP contribution in [0.25, 0.3) is 0 Å². The number of aliphatic carboxylic acids is 1. The Labute approximate surface area is 94.6 Å². The van der Waals surface area contributed by atoms with Gasteiger partial charge in [-0.15, -0.1) is 0 Å². The van der Waals surface area contributed by atoms with E-state index >= 15 is 0 Å². The van der Waals surface area contributed by atoms with Crippen LogP contribution in [0.5, 0.6) is 0 Å². The zero-order chi connectivity index (χ0) is 12.8. The number of carbonyl (C=O) groups is 2. The highest BCUT2D eigenvalue weighted by Gasteiger charge is 2.18. The smallest absolute Gasteiger partial charge is 0.407 e. The number of ether oxygens (including phenoxy) is 1. The number of aliphatic hydroxyl groups excluding tert-OH is 1. The number of carboxylic acids is 1. The molecule has 0 aliphatic heterocycles. The van der Waals surface area contributed by atoms with Crippen molar-refractivity contribution >= 4 is 12.1 Å². The summed E-state index contributed by atoms with van der Waals surface area (Å²) >= 11 is 0. The molecule has 0 rings (SSSR count). The van der Waals surface area contributed by atoms with Crippen LogP contribution in [-0.2, 0) is 9.53 Å². The molecule has 0 aromatic heterocycles. The molecule has 0 aliphatic carbocycles. The van der Waals surface area contributed by atoms with Crippen molar-refractivity contribution in [2.75, 3.05) is 13.2 Å². The van der Waals surface area contributed by atoms with Gasteiger partial charge in [-0.25, -0.2) is 4.79 Å². The number of hydrogen-bond acceptors (Lipinski definition) is 4. The van der Waals surface area contributed by atoms with Crippen LogP contribution in [0.15, 0.2) is 0 Å². The SMILES string of the molecule is CC(C)(C)OC(=O)NCC[C@H](CO)C(=O)O. The second-order valence-electron chi connectivity index (χ2n) is 4.44. The van der Waals surface area contributed by atoms with Gasteiger partial charge < -0.3 is 20.3 Å². The van der Waals surface area contributed by atoms with Gasteiger partial charge in [0.15, 0.2) is 0 Å². The van der Waals surface area contributed by atoms with Crippen molar-refractivity contribution in [3.05, 3.63) is 0 Å². The highest BCUT2D eigenvalue weighted by molar-refractivity contribution is 5.70. The van der Waals surface area contributed by atoms with Gasteiger partial charge in [0.1, 0.15) is 5.60 Å². The minimum atomic E-state index is -1.08. The number of nitrogens with one attached hydrogen (secondary N) is 1. The van der Waals surface area contributed by atoms with E-state index in [9.17, 15) is 9.59 Å². The predicted octanol–water partition coefficient (Wildman–Crippen LogP) is 0.594. The third-order valence-electron chi connectivity index (χ3n) is 1.73. The monoisotopic (exact) mass is 233 g/mol. The number of carboxylic acid groups (broad SMARTS) is 1. The summed E-state index contributed by atoms with van der Waals surface area (Å²) < 4.78 is 4.95. The molecule has 6 nitrogen and oxygen atoms in total. The van der Waals surface area contributed by atoms with Crippen LogP contribution in [0, 0.1) is 5.92 Å². The Bertz CT molecular complexity index is 246. The zero-order valence-electron chi connectivity index (χ0n) is 9.82. The number of amides is 1. The third-order valence-corrected chi connectivity index (χ3v) is 1.73. The van der Waals surface area contributed by atoms with Crippen molar-refractivity contribution in [2.24, 2.45) is 5.92 Å². The summed E-state index contributed by atoms with van der Waals surface area (Å²) in [5.74, 6) is -1.93. The van der Waals surface area contributed by atoms with Crippen LogP contribution < -0.4 is 5.32 Å². The normalized spacial score (nSPS) is 13.0. The number of hydrogen-bond donors (Lipinski definition) is 3. The molecule has 0 radical (unpaired) electrons. The van der Waals surface area contributed by atoms with Gasteiger partial charge in [0.25, 0.3) is 0 Å². The summed E-state index contributed by atoms with van der Waals surface area (Å²) in [6.45, 7) is 4.93. The number of alkyl carbamates (subject to hydrolysis) is 1. The van der Waals surface area contributed by atoms with Crippen LogP contribution in [0.2, 0.25) is 0 Å². The molecule has 0 saturated carbocycles. The molecule has 0 unspecified atom stereocenters. The van der Waals surface area contributed by atoms with Crippen molar-refractivity contribution in [3.8, 4) is 0 Å². The van der Waals surface area contributed by atoms with E-state index in [0.29, 0.717) is 0 Å². The molecule has 94 valence electrons. The average molecular weight is 233 g/mol. The molecule has 0 spiro atoms. The summed E-state index contributed by atoms with van der Waals surface area (Å²) in [6, 6.07) is 0. The zero-order valence-corrected chi connectivity index (χ0v) is 9.82. The van der Waals surface area contributed by atoms with E-state index in [4.69, 9.17) is 14.9 Å². The standard InChI is InChI=1S/C10H19NO5/c1-10(2,3)16-9(15)11-5-4-7(6-12)8(13)14/h7,12H,4-6H2,1-3H3,(H,11,15)(H,13,14)/t7-/m1/s1. The third kappa shape index (κ3) is 7.05. The second kappa shape index (κ2) is 6.32. The quantitative estimate of drug-likeness (QED) is 0.646. The molecular weight excluding hydrogens is 214 g/mol. The minimum Gasteiger partial charge on any atom is -0.481 e. The van der Waals surface area contributed by atoms with Crippen molar-refractivity contribution in [1.29, 1.82) is 0 Å². The molecule has 1 atom stereocenters. The van der Waals surface area contributed by atoms with Gasteiger partial charge in [0.05, 0.1) is 12.5 Å². The molecule has 0 bridgehead atoms. The van der Waals surface area contributed by atoms with Gasteiger partial charge >= 0.3 is 12.1 Å². The molecule has 3 N–H and O–H groups in total. The molecule has 0 fully saturated rings. The lowest BCUT2D eigenvalue weighted by molar-refractivity contribution is -0.143. The maximum atomic E-state index is 11.2. The maximum absolute atomic E-state index is 11.2. The summed E-state index contributed by atoms with van der Waals surface area (Å²) in [5, 5.41) is 19.8. The van der Waals surface area contributed by atoms with Gasteiger partial charge in [0.2, 0.25) is 0 Å². The molecule has 16 heavy (non-hydrogen) atoms. The Morgan fingerprint density at radius 3 is 2.31 bits per heavy atom. The van der Waals surface area contributed by atoms with Crippen molar-refractivity contribution in [2.45, 2.75) is 32.8 Å². The number of rotatable bonds is 5. The fourth-order valence-corrected chi connectivity index (χ4v) is 0.955. The Kier molecular flexibility index (Phi) is 5.81. The molecule has 0 saturated heterocycles. The summed E-state index contributed by atoms with van der Waals surface area (Å²) in [4.78, 5) is 21.7. The van der Waals surface area contributed by atoms with Crippen molar-refractivity contribution < 1.29 is 24.5 Å². The van der Waals surface area contributed by atoms with Crippen molar-refractivity contribution in [3.63, 3.8) is 0 Å². The number of carbonyl (C=O) groups excluding carboxylic acids is 1. The van der Waals surface area contributed by atoms with E-state index in [-0.39, 0.29) is 13.0 Å². The lowest BCUT2D eigenvalue weighted by atomic mass is 10.1. The first-order chi connectivity index (χ1) is 7.26. The van der Waals surface area contributed by atoms with E-state index in [1.807, 2.05) is 0 Å². The molecular formula is C10H19NO5. The van der Waals surface area contributed by atoms with Crippen LogP contribution in [0.3, 0.4) is 0 Å². The predicted molar refractivity (Wildman–Crippen MR) is 57.1 cm³/mol. The fourth-order valence-electron chi connectivity index (χ4n) is 0.955. The summed E-state index contributed by atoms with van der Waals surface area (Å²) in [6.07, 6.45) is -0.417. The van der Waals surface area contributed by atoms with Crippen LogP contribution >= 0.6 is 0 Å². The molecule has 6 heteroatoms. The van der Waals surface area contributed by atoms with Crippen molar-refractivity contribution in [1.82, 2.24) is 5.32 Å². The van der Waals surface area contributed by atoms with E-state index in [1.165, 1.54) is 0 Å². The molecule has 0 aromatic carbocycles. The highest BCUT2D eigenvalue weighted by atomic mass is 16.6. The minimum absolute atomic E-state index is 0.159. The van der Waals surface area contributed by atoms with Gasteiger partial charge in [-0.3, -0.25) is 4.79 Å². The Hall–Kier alpha value is -1.30. The first kappa shape index (κ1) is 14.7. The number of aliphatic hydroxyl groups is 1. The Morgan fingerprint density at radius 1 is 1.38 bits per heavy atom. The first-order valence-electron chi connectivity index (χ1n) is 5.07. The van der Waals surface area contributed by atoms with Crippen LogP contribution in [0.1, 0.15) is 27.2 Å². The Morgan fingerprint density at radius 2 is 1.94 bits per heavy atom. The van der Waals surface area contributed by atoms with Gasteiger partial charge in [-0.05, 0) is 27.2 Å². The van der Waals surface area contributed by atoms with Crippen LogP contribution in [0.4, 0.5) is 4.79 Å². The summed E-state index contributed by atoms with van der Waals surface area (Å²) in [5.41, 5.74) is -0.576. The lowest BCUT2D eigenvalue weighted by Gasteiger charge is -2.20. The largest absolute Gasteiger partial charge is 0.481 e. The van der Waals surface area contributed by atoms with E-state index < -0.39 is 30.2 Å². The lowest BCUT2D eigenvalue weighted by Crippen LogP contribution is -2.34. The molecule has 0 aromatic rings. The van der Waals surface area contributed by atoms with Gasteiger partial charge in [-0.2, -0.15) is 0 Å². The van der Waals surface area contributed by atoms with Gasteiger partial charge in [0, 0.05) is 6.54 Å². The van der Waals surface area contributed by atoms with E-state index in [1.54, 1.807) is 20.8 Å². The topological polar surface area (TPSA) is 95.9 Å². The van der Waals surface area contributed by atoms with E-state index in [2.05, 4.69) is 5.32 Å². The van der Waals surface area contributed by atoms with Crippen LogP contribution in [-0.4, -0.2) is 41.0 Å². The average Bonchev–Trinajstić information content (AvgIpc) is 2.08. The highest BCUT2D eigenvalue weighted by Crippen LogP contribution is 2.06. The fraction of sp³-hybridized carbons (Fsp3) is 0.800. The summed E-state index contributed by atoms with van der Waals surface area (Å²) in [7, 11) is 0. The first-order valence-corrected chi connectivity index (χ1v) is 5.07. The molecule has 1 amide bonds. The Balaban J connectivity index is 3.81. The second-order valence-corrected chi connectivity index (χ2v) is 4.44.